The van der Waals surface area contributed by atoms with Crippen molar-refractivity contribution in [3.63, 3.8) is 0 Å². The van der Waals surface area contributed by atoms with Gasteiger partial charge in [0.25, 0.3) is 5.91 Å². The van der Waals surface area contributed by atoms with Crippen molar-refractivity contribution in [1.82, 2.24) is 9.78 Å². The molecule has 0 aliphatic heterocycles. The lowest BCUT2D eigenvalue weighted by Gasteiger charge is -2.14. The second-order valence-electron chi connectivity index (χ2n) is 5.41. The summed E-state index contributed by atoms with van der Waals surface area (Å²) in [6, 6.07) is 9.30. The Morgan fingerprint density at radius 3 is 2.75 bits per heavy atom. The minimum atomic E-state index is -0.0587. The zero-order valence-electron chi connectivity index (χ0n) is 10.5. The Balaban J connectivity index is 1.73. The third-order valence-corrected chi connectivity index (χ3v) is 6.46. The van der Waals surface area contributed by atoms with Crippen molar-refractivity contribution in [3.8, 4) is 0 Å². The van der Waals surface area contributed by atoms with Crippen molar-refractivity contribution < 1.29 is 4.79 Å². The molecule has 20 heavy (non-hydrogen) atoms. The van der Waals surface area contributed by atoms with Crippen molar-refractivity contribution in [2.45, 2.75) is 27.9 Å². The molecule has 1 heterocycles. The average molecular weight is 396 g/mol. The van der Waals surface area contributed by atoms with Crippen LogP contribution in [0.4, 0.5) is 0 Å². The smallest absolute Gasteiger partial charge is 0.267 e. The summed E-state index contributed by atoms with van der Waals surface area (Å²) in [5, 5.41) is 4.55. The van der Waals surface area contributed by atoms with Crippen LogP contribution in [0.3, 0.4) is 0 Å². The molecule has 0 saturated heterocycles. The summed E-state index contributed by atoms with van der Waals surface area (Å²) in [6.45, 7) is 0. The van der Waals surface area contributed by atoms with Crippen molar-refractivity contribution in [2.75, 3.05) is 0 Å². The number of aromatic nitrogens is 2. The van der Waals surface area contributed by atoms with Gasteiger partial charge in [0, 0.05) is 33.3 Å². The lowest BCUT2D eigenvalue weighted by atomic mass is 9.98. The first-order valence-electron chi connectivity index (χ1n) is 6.64. The van der Waals surface area contributed by atoms with Gasteiger partial charge in [-0.3, -0.25) is 4.79 Å². The van der Waals surface area contributed by atoms with E-state index in [4.69, 9.17) is 0 Å². The fourth-order valence-electron chi connectivity index (χ4n) is 3.36. The maximum Gasteiger partial charge on any atom is 0.278 e. The number of nitrogens with zero attached hydrogens (tertiary/aromatic N) is 2. The average Bonchev–Trinajstić information content (AvgIpc) is 3.07. The van der Waals surface area contributed by atoms with E-state index in [0.29, 0.717) is 27.1 Å². The van der Waals surface area contributed by atoms with Crippen LogP contribution < -0.4 is 0 Å². The number of benzene rings is 1. The molecule has 2 bridgehead atoms. The maximum atomic E-state index is 12.4. The van der Waals surface area contributed by atoms with Crippen molar-refractivity contribution in [1.29, 1.82) is 0 Å². The van der Waals surface area contributed by atoms with E-state index in [-0.39, 0.29) is 5.91 Å². The Labute approximate surface area is 133 Å². The van der Waals surface area contributed by atoms with Gasteiger partial charge in [-0.1, -0.05) is 50.1 Å². The van der Waals surface area contributed by atoms with E-state index < -0.39 is 0 Å². The molecule has 0 unspecified atom stereocenters. The van der Waals surface area contributed by atoms with Crippen LogP contribution in [0.5, 0.6) is 0 Å². The molecule has 102 valence electrons. The lowest BCUT2D eigenvalue weighted by molar-refractivity contribution is 0.0944. The molecule has 1 saturated carbocycles. The number of alkyl halides is 2. The summed E-state index contributed by atoms with van der Waals surface area (Å²) in [6.07, 6.45) is 3.00. The minimum Gasteiger partial charge on any atom is -0.267 e. The summed E-state index contributed by atoms with van der Waals surface area (Å²) in [4.78, 5) is 13.4. The Morgan fingerprint density at radius 2 is 2.00 bits per heavy atom. The van der Waals surface area contributed by atoms with Crippen molar-refractivity contribution >= 4 is 37.8 Å². The topological polar surface area (TPSA) is 34.9 Å². The standard InChI is InChI=1S/C15H12Br2N2O/c16-11-6-9-13(17)12(11)10-7-19(18-14(9)10)15(20)8-4-2-1-3-5-8/h1-5,7,9,11-13H,6H2/t9-,11-,12+,13+/m1/s1. The summed E-state index contributed by atoms with van der Waals surface area (Å²) in [5.41, 5.74) is 2.98. The van der Waals surface area contributed by atoms with Gasteiger partial charge in [0.05, 0.1) is 5.69 Å². The minimum absolute atomic E-state index is 0.0587. The second-order valence-corrected chi connectivity index (χ2v) is 7.65. The Morgan fingerprint density at radius 1 is 1.25 bits per heavy atom. The SMILES string of the molecule is O=C(c1ccccc1)n1cc2c(n1)[C@@H]1C[C@@H](Br)[C@H]2[C@H]1Br. The number of halogens is 2. The molecular formula is C15H12Br2N2O. The van der Waals surface area contributed by atoms with Crippen LogP contribution in [0.1, 0.15) is 39.9 Å². The Hall–Kier alpha value is -0.940. The monoisotopic (exact) mass is 394 g/mol. The summed E-state index contributed by atoms with van der Waals surface area (Å²) < 4.78 is 1.50. The first-order valence-corrected chi connectivity index (χ1v) is 8.47. The first-order chi connectivity index (χ1) is 9.66. The van der Waals surface area contributed by atoms with Gasteiger partial charge in [0.2, 0.25) is 0 Å². The van der Waals surface area contributed by atoms with Gasteiger partial charge in [0.1, 0.15) is 0 Å². The van der Waals surface area contributed by atoms with Crippen molar-refractivity contribution in [3.05, 3.63) is 53.3 Å². The van der Waals surface area contributed by atoms with Crippen LogP contribution in [0, 0.1) is 0 Å². The molecule has 1 aromatic carbocycles. The van der Waals surface area contributed by atoms with E-state index in [9.17, 15) is 4.79 Å². The molecule has 1 fully saturated rings. The maximum absolute atomic E-state index is 12.4. The largest absolute Gasteiger partial charge is 0.278 e. The van der Waals surface area contributed by atoms with Crippen LogP contribution in [-0.2, 0) is 0 Å². The first kappa shape index (κ1) is 12.8. The van der Waals surface area contributed by atoms with Gasteiger partial charge in [-0.05, 0) is 24.1 Å². The highest BCUT2D eigenvalue weighted by Crippen LogP contribution is 2.58. The molecule has 4 atom stereocenters. The van der Waals surface area contributed by atoms with E-state index in [1.54, 1.807) is 0 Å². The summed E-state index contributed by atoms with van der Waals surface area (Å²) in [5.74, 6) is 0.785. The predicted octanol–water partition coefficient (Wildman–Crippen LogP) is 3.68. The van der Waals surface area contributed by atoms with Crippen molar-refractivity contribution in [2.24, 2.45) is 0 Å². The van der Waals surface area contributed by atoms with Gasteiger partial charge in [-0.15, -0.1) is 0 Å². The number of hydrogen-bond donors (Lipinski definition) is 0. The molecule has 1 aromatic heterocycles. The Bertz CT molecular complexity index is 682. The lowest BCUT2D eigenvalue weighted by Crippen LogP contribution is -2.14. The molecule has 2 aromatic rings. The fourth-order valence-corrected chi connectivity index (χ4v) is 5.91. The molecule has 5 heteroatoms. The molecule has 0 N–H and O–H groups in total. The quantitative estimate of drug-likeness (QED) is 0.690. The zero-order valence-corrected chi connectivity index (χ0v) is 13.7. The van der Waals surface area contributed by atoms with Crippen LogP contribution in [0.15, 0.2) is 36.5 Å². The molecule has 2 aliphatic carbocycles. The van der Waals surface area contributed by atoms with E-state index in [2.05, 4.69) is 37.0 Å². The highest BCUT2D eigenvalue weighted by atomic mass is 79.9. The van der Waals surface area contributed by atoms with E-state index in [1.165, 1.54) is 10.2 Å². The van der Waals surface area contributed by atoms with E-state index >= 15 is 0 Å². The van der Waals surface area contributed by atoms with Crippen LogP contribution in [-0.4, -0.2) is 25.3 Å². The summed E-state index contributed by atoms with van der Waals surface area (Å²) in [7, 11) is 0. The van der Waals surface area contributed by atoms with Gasteiger partial charge in [0.15, 0.2) is 0 Å². The molecule has 0 radical (unpaired) electrons. The molecule has 2 aliphatic rings. The second kappa shape index (κ2) is 4.53. The number of hydrogen-bond acceptors (Lipinski definition) is 2. The van der Waals surface area contributed by atoms with Gasteiger partial charge in [-0.2, -0.15) is 5.10 Å². The normalized spacial score (nSPS) is 30.5. The highest BCUT2D eigenvalue weighted by molar-refractivity contribution is 9.10. The number of fused-ring (bicyclic) bond motifs is 5. The summed E-state index contributed by atoms with van der Waals surface area (Å²) >= 11 is 7.52. The molecular weight excluding hydrogens is 384 g/mol. The van der Waals surface area contributed by atoms with E-state index in [1.807, 2.05) is 36.5 Å². The zero-order chi connectivity index (χ0) is 13.9. The van der Waals surface area contributed by atoms with Gasteiger partial charge in [-0.25, -0.2) is 4.68 Å². The van der Waals surface area contributed by atoms with Crippen LogP contribution >= 0.6 is 31.9 Å². The molecule has 0 amide bonds. The third kappa shape index (κ3) is 1.69. The van der Waals surface area contributed by atoms with Crippen LogP contribution in [0.2, 0.25) is 0 Å². The Kier molecular flexibility index (Phi) is 2.89. The number of carbonyl (C=O) groups is 1. The predicted molar refractivity (Wildman–Crippen MR) is 83.9 cm³/mol. The van der Waals surface area contributed by atoms with Gasteiger partial charge < -0.3 is 0 Å². The van der Waals surface area contributed by atoms with Gasteiger partial charge >= 0.3 is 0 Å². The fraction of sp³-hybridized carbons (Fsp3) is 0.333. The number of carbonyl (C=O) groups excluding carboxylic acids is 1. The third-order valence-electron chi connectivity index (χ3n) is 4.31. The molecule has 4 rings (SSSR count). The molecule has 3 nitrogen and oxygen atoms in total. The number of rotatable bonds is 1. The molecule has 0 spiro atoms. The highest BCUT2D eigenvalue weighted by Gasteiger charge is 2.51. The van der Waals surface area contributed by atoms with E-state index in [0.717, 1.165) is 12.1 Å². The van der Waals surface area contributed by atoms with Crippen LogP contribution in [0.25, 0.3) is 0 Å².